The van der Waals surface area contributed by atoms with E-state index in [-0.39, 0.29) is 24.5 Å². The number of pyridine rings is 2. The lowest BCUT2D eigenvalue weighted by atomic mass is 9.99. The Hall–Kier alpha value is -3.06. The molecule has 1 amide bonds. The van der Waals surface area contributed by atoms with E-state index in [1.54, 1.807) is 36.5 Å². The van der Waals surface area contributed by atoms with Crippen LogP contribution < -0.4 is 0 Å². The number of hydrogen-bond acceptors (Lipinski definition) is 6. The zero-order valence-electron chi connectivity index (χ0n) is 13.6. The van der Waals surface area contributed by atoms with Crippen LogP contribution in [0.3, 0.4) is 0 Å². The fraction of sp³-hybridized carbons (Fsp3) is 0.222. The Bertz CT molecular complexity index is 806. The van der Waals surface area contributed by atoms with Gasteiger partial charge in [-0.3, -0.25) is 19.6 Å². The number of carbonyl (C=O) groups is 2. The Morgan fingerprint density at radius 2 is 1.96 bits per heavy atom. The number of hydrogen-bond donors (Lipinski definition) is 1. The van der Waals surface area contributed by atoms with Crippen molar-refractivity contribution >= 4 is 17.4 Å². The molecule has 3 rings (SSSR count). The van der Waals surface area contributed by atoms with Crippen molar-refractivity contribution in [2.24, 2.45) is 0 Å². The van der Waals surface area contributed by atoms with Gasteiger partial charge in [0.15, 0.2) is 0 Å². The van der Waals surface area contributed by atoms with Gasteiger partial charge in [0.05, 0.1) is 17.9 Å². The van der Waals surface area contributed by atoms with Gasteiger partial charge >= 0.3 is 0 Å². The van der Waals surface area contributed by atoms with E-state index in [0.717, 1.165) is 0 Å². The minimum Gasteiger partial charge on any atom is -0.507 e. The maximum Gasteiger partial charge on any atom is 0.295 e. The Morgan fingerprint density at radius 1 is 1.20 bits per heavy atom. The van der Waals surface area contributed by atoms with Crippen molar-refractivity contribution in [3.8, 4) is 0 Å². The van der Waals surface area contributed by atoms with E-state index in [4.69, 9.17) is 4.74 Å². The van der Waals surface area contributed by atoms with Crippen LogP contribution in [0.2, 0.25) is 0 Å². The summed E-state index contributed by atoms with van der Waals surface area (Å²) in [4.78, 5) is 34.6. The van der Waals surface area contributed by atoms with Crippen LogP contribution in [0.4, 0.5) is 0 Å². The molecule has 7 nitrogen and oxygen atoms in total. The number of aliphatic hydroxyl groups is 1. The van der Waals surface area contributed by atoms with Crippen LogP contribution in [-0.2, 0) is 14.3 Å². The highest BCUT2D eigenvalue weighted by Crippen LogP contribution is 2.38. The van der Waals surface area contributed by atoms with E-state index in [9.17, 15) is 14.7 Å². The average Bonchev–Trinajstić information content (AvgIpc) is 2.91. The minimum absolute atomic E-state index is 0.0194. The van der Waals surface area contributed by atoms with Crippen LogP contribution in [0.5, 0.6) is 0 Å². The van der Waals surface area contributed by atoms with Crippen molar-refractivity contribution in [1.29, 1.82) is 0 Å². The molecule has 0 bridgehead atoms. The highest BCUT2D eigenvalue weighted by Gasteiger charge is 2.46. The van der Waals surface area contributed by atoms with Gasteiger partial charge in [0, 0.05) is 37.8 Å². The van der Waals surface area contributed by atoms with E-state index >= 15 is 0 Å². The summed E-state index contributed by atoms with van der Waals surface area (Å²) in [7, 11) is 1.52. The minimum atomic E-state index is -0.760. The smallest absolute Gasteiger partial charge is 0.295 e. The van der Waals surface area contributed by atoms with E-state index in [1.807, 2.05) is 0 Å². The Morgan fingerprint density at radius 3 is 2.60 bits per heavy atom. The molecular formula is C18H17N3O4. The molecule has 0 spiro atoms. The van der Waals surface area contributed by atoms with Crippen molar-refractivity contribution in [2.75, 3.05) is 20.3 Å². The fourth-order valence-corrected chi connectivity index (χ4v) is 2.81. The molecule has 1 atom stereocenters. The lowest BCUT2D eigenvalue weighted by molar-refractivity contribution is -0.140. The standard InChI is InChI=1S/C18H17N3O4/c1-25-11-10-21-15(13-4-2-3-7-20-13)14(17(23)18(21)24)16(22)12-5-8-19-9-6-12/h2-9,15,22H,10-11H2,1H3/b16-14-. The van der Waals surface area contributed by atoms with Crippen LogP contribution in [-0.4, -0.2) is 51.9 Å². The number of likely N-dealkylation sites (tertiary alicyclic amines) is 1. The van der Waals surface area contributed by atoms with Crippen molar-refractivity contribution in [3.05, 3.63) is 65.8 Å². The Labute approximate surface area is 144 Å². The molecule has 0 aliphatic carbocycles. The number of carbonyl (C=O) groups excluding carboxylic acids is 2. The second-order valence-electron chi connectivity index (χ2n) is 5.48. The molecule has 2 aromatic heterocycles. The van der Waals surface area contributed by atoms with Crippen molar-refractivity contribution < 1.29 is 19.4 Å². The normalized spacial score (nSPS) is 19.4. The quantitative estimate of drug-likeness (QED) is 0.505. The Balaban J connectivity index is 2.14. The Kier molecular flexibility index (Phi) is 4.85. The molecule has 2 aromatic rings. The summed E-state index contributed by atoms with van der Waals surface area (Å²) in [5.74, 6) is -1.65. The molecule has 7 heteroatoms. The maximum absolute atomic E-state index is 12.6. The molecule has 1 fully saturated rings. The van der Waals surface area contributed by atoms with Gasteiger partial charge in [-0.1, -0.05) is 6.07 Å². The van der Waals surface area contributed by atoms with Gasteiger partial charge in [-0.15, -0.1) is 0 Å². The largest absolute Gasteiger partial charge is 0.507 e. The van der Waals surface area contributed by atoms with Gasteiger partial charge in [-0.2, -0.15) is 0 Å². The van der Waals surface area contributed by atoms with Gasteiger partial charge < -0.3 is 14.7 Å². The first-order valence-electron chi connectivity index (χ1n) is 7.74. The molecule has 25 heavy (non-hydrogen) atoms. The third kappa shape index (κ3) is 3.14. The molecule has 1 aliphatic heterocycles. The number of Topliss-reactive ketones (excluding diaryl/α,β-unsaturated/α-hetero) is 1. The van der Waals surface area contributed by atoms with Gasteiger partial charge in [-0.05, 0) is 24.3 Å². The summed E-state index contributed by atoms with van der Waals surface area (Å²) in [5, 5.41) is 10.7. The van der Waals surface area contributed by atoms with E-state index in [0.29, 0.717) is 11.3 Å². The first-order valence-corrected chi connectivity index (χ1v) is 7.74. The van der Waals surface area contributed by atoms with E-state index in [1.165, 1.54) is 24.4 Å². The highest BCUT2D eigenvalue weighted by molar-refractivity contribution is 6.46. The third-order valence-electron chi connectivity index (χ3n) is 4.00. The van der Waals surface area contributed by atoms with Crippen molar-refractivity contribution in [1.82, 2.24) is 14.9 Å². The lowest BCUT2D eigenvalue weighted by Gasteiger charge is -2.24. The third-order valence-corrected chi connectivity index (χ3v) is 4.00. The lowest BCUT2D eigenvalue weighted by Crippen LogP contribution is -2.33. The molecular weight excluding hydrogens is 322 g/mol. The van der Waals surface area contributed by atoms with E-state index < -0.39 is 17.7 Å². The maximum atomic E-state index is 12.6. The summed E-state index contributed by atoms with van der Waals surface area (Å²) in [5.41, 5.74) is 0.945. The van der Waals surface area contributed by atoms with Crippen LogP contribution in [0.1, 0.15) is 17.3 Å². The number of methoxy groups -OCH3 is 1. The molecule has 0 radical (unpaired) electrons. The molecule has 1 aliphatic rings. The zero-order valence-corrected chi connectivity index (χ0v) is 13.6. The average molecular weight is 339 g/mol. The topological polar surface area (TPSA) is 92.6 Å². The molecule has 1 N–H and O–H groups in total. The number of ketones is 1. The number of amides is 1. The zero-order chi connectivity index (χ0) is 17.8. The van der Waals surface area contributed by atoms with Gasteiger partial charge in [0.2, 0.25) is 0 Å². The van der Waals surface area contributed by atoms with E-state index in [2.05, 4.69) is 9.97 Å². The summed E-state index contributed by atoms with van der Waals surface area (Å²) < 4.78 is 5.04. The van der Waals surface area contributed by atoms with Crippen LogP contribution in [0, 0.1) is 0 Å². The fourth-order valence-electron chi connectivity index (χ4n) is 2.81. The highest BCUT2D eigenvalue weighted by atomic mass is 16.5. The molecule has 0 saturated carbocycles. The van der Waals surface area contributed by atoms with Crippen LogP contribution in [0.15, 0.2) is 54.5 Å². The van der Waals surface area contributed by atoms with Crippen molar-refractivity contribution in [3.63, 3.8) is 0 Å². The number of nitrogens with zero attached hydrogens (tertiary/aromatic N) is 3. The first-order chi connectivity index (χ1) is 12.1. The SMILES string of the molecule is COCCN1C(=O)C(=O)/C(=C(\O)c2ccncc2)C1c1ccccn1. The number of rotatable bonds is 5. The molecule has 1 saturated heterocycles. The monoisotopic (exact) mass is 339 g/mol. The van der Waals surface area contributed by atoms with Crippen molar-refractivity contribution in [2.45, 2.75) is 6.04 Å². The second kappa shape index (κ2) is 7.23. The van der Waals surface area contributed by atoms with Gasteiger partial charge in [0.1, 0.15) is 11.8 Å². The summed E-state index contributed by atoms with van der Waals surface area (Å²) >= 11 is 0. The summed E-state index contributed by atoms with van der Waals surface area (Å²) in [6.45, 7) is 0.487. The molecule has 0 aromatic carbocycles. The summed E-state index contributed by atoms with van der Waals surface area (Å²) in [6.07, 6.45) is 4.59. The number of aromatic nitrogens is 2. The first kappa shape index (κ1) is 16.8. The predicted octanol–water partition coefficient (Wildman–Crippen LogP) is 1.54. The second-order valence-corrected chi connectivity index (χ2v) is 5.48. The number of aliphatic hydroxyl groups excluding tert-OH is 1. The van der Waals surface area contributed by atoms with Crippen LogP contribution in [0.25, 0.3) is 5.76 Å². The molecule has 1 unspecified atom stereocenters. The van der Waals surface area contributed by atoms with Crippen LogP contribution >= 0.6 is 0 Å². The molecule has 128 valence electrons. The molecule has 3 heterocycles. The predicted molar refractivity (Wildman–Crippen MR) is 89.4 cm³/mol. The number of ether oxygens (including phenoxy) is 1. The van der Waals surface area contributed by atoms with Gasteiger partial charge in [-0.25, -0.2) is 0 Å². The summed E-state index contributed by atoms with van der Waals surface area (Å²) in [6, 6.07) is 7.63. The van der Waals surface area contributed by atoms with Gasteiger partial charge in [0.25, 0.3) is 11.7 Å².